The average Bonchev–Trinajstić information content (AvgIpc) is 2.72. The molecule has 110 valence electrons. The van der Waals surface area contributed by atoms with Crippen molar-refractivity contribution in [3.8, 4) is 5.75 Å². The van der Waals surface area contributed by atoms with E-state index in [9.17, 15) is 4.79 Å². The highest BCUT2D eigenvalue weighted by atomic mass is 16.6. The summed E-state index contributed by atoms with van der Waals surface area (Å²) >= 11 is 0. The number of rotatable bonds is 6. The van der Waals surface area contributed by atoms with E-state index < -0.39 is 5.60 Å². The highest BCUT2D eigenvalue weighted by Gasteiger charge is 2.40. The van der Waals surface area contributed by atoms with Crippen molar-refractivity contribution in [3.05, 3.63) is 29.8 Å². The molecule has 1 heterocycles. The maximum absolute atomic E-state index is 11.9. The van der Waals surface area contributed by atoms with Gasteiger partial charge >= 0.3 is 6.09 Å². The van der Waals surface area contributed by atoms with E-state index in [4.69, 9.17) is 15.2 Å². The molecule has 0 aliphatic carbocycles. The Kier molecular flexibility index (Phi) is 4.49. The smallest absolute Gasteiger partial charge is 0.410 e. The number of carbonyl (C=O) groups excluding carboxylic acids is 1. The molecule has 1 aliphatic rings. The number of hydrogen-bond acceptors (Lipinski definition) is 4. The molecule has 0 radical (unpaired) electrons. The second-order valence-electron chi connectivity index (χ2n) is 5.41. The summed E-state index contributed by atoms with van der Waals surface area (Å²) in [5, 5.41) is 0. The van der Waals surface area contributed by atoms with E-state index in [1.165, 1.54) is 0 Å². The third kappa shape index (κ3) is 3.42. The lowest BCUT2D eigenvalue weighted by molar-refractivity contribution is 0.0638. The van der Waals surface area contributed by atoms with Crippen LogP contribution in [0.2, 0.25) is 0 Å². The molecule has 1 amide bonds. The van der Waals surface area contributed by atoms with Crippen molar-refractivity contribution in [2.45, 2.75) is 31.9 Å². The molecule has 2 rings (SSSR count). The normalized spacial score (nSPS) is 21.9. The van der Waals surface area contributed by atoms with Crippen molar-refractivity contribution in [2.24, 2.45) is 5.73 Å². The molecular formula is C15H22N2O3. The first-order valence-corrected chi connectivity index (χ1v) is 6.87. The summed E-state index contributed by atoms with van der Waals surface area (Å²) in [5.74, 6) is 0.811. The van der Waals surface area contributed by atoms with Crippen LogP contribution >= 0.6 is 0 Å². The largest absolute Gasteiger partial charge is 0.497 e. The Morgan fingerprint density at radius 1 is 1.40 bits per heavy atom. The molecule has 0 aromatic heterocycles. The molecule has 1 aromatic rings. The predicted molar refractivity (Wildman–Crippen MR) is 76.6 cm³/mol. The maximum Gasteiger partial charge on any atom is 0.410 e. The van der Waals surface area contributed by atoms with Gasteiger partial charge in [0.05, 0.1) is 13.7 Å². The minimum Gasteiger partial charge on any atom is -0.497 e. The van der Waals surface area contributed by atoms with Crippen LogP contribution in [-0.2, 0) is 11.3 Å². The molecule has 5 heteroatoms. The van der Waals surface area contributed by atoms with E-state index in [0.717, 1.165) is 24.2 Å². The van der Waals surface area contributed by atoms with Crippen LogP contribution in [0.4, 0.5) is 4.79 Å². The van der Waals surface area contributed by atoms with Gasteiger partial charge in [0.25, 0.3) is 0 Å². The number of amides is 1. The van der Waals surface area contributed by atoms with Crippen molar-refractivity contribution in [3.63, 3.8) is 0 Å². The summed E-state index contributed by atoms with van der Waals surface area (Å²) in [5.41, 5.74) is 6.17. The SMILES string of the molecule is COc1ccc(CN2CC(C)(CCCN)OC2=O)cc1. The van der Waals surface area contributed by atoms with Crippen LogP contribution in [0.1, 0.15) is 25.3 Å². The Bertz CT molecular complexity index is 461. The molecule has 5 nitrogen and oxygen atoms in total. The number of carbonyl (C=O) groups is 1. The summed E-state index contributed by atoms with van der Waals surface area (Å²) in [7, 11) is 1.63. The van der Waals surface area contributed by atoms with Gasteiger partial charge < -0.3 is 15.2 Å². The zero-order chi connectivity index (χ0) is 14.6. The Labute approximate surface area is 119 Å². The number of nitrogens with zero attached hydrogens (tertiary/aromatic N) is 1. The number of nitrogens with two attached hydrogens (primary N) is 1. The van der Waals surface area contributed by atoms with Crippen molar-refractivity contribution in [2.75, 3.05) is 20.2 Å². The molecular weight excluding hydrogens is 256 g/mol. The topological polar surface area (TPSA) is 64.8 Å². The lowest BCUT2D eigenvalue weighted by Gasteiger charge is -2.21. The number of benzene rings is 1. The quantitative estimate of drug-likeness (QED) is 0.866. The lowest BCUT2D eigenvalue weighted by Crippen LogP contribution is -2.31. The Morgan fingerprint density at radius 3 is 2.70 bits per heavy atom. The fourth-order valence-corrected chi connectivity index (χ4v) is 2.45. The Morgan fingerprint density at radius 2 is 2.10 bits per heavy atom. The van der Waals surface area contributed by atoms with Gasteiger partial charge in [0.1, 0.15) is 11.4 Å². The third-order valence-corrected chi connectivity index (χ3v) is 3.56. The first-order chi connectivity index (χ1) is 9.56. The van der Waals surface area contributed by atoms with Crippen LogP contribution in [0, 0.1) is 0 Å². The second-order valence-corrected chi connectivity index (χ2v) is 5.41. The van der Waals surface area contributed by atoms with Crippen molar-refractivity contribution in [1.29, 1.82) is 0 Å². The van der Waals surface area contributed by atoms with Gasteiger partial charge in [0.15, 0.2) is 0 Å². The highest BCUT2D eigenvalue weighted by molar-refractivity contribution is 5.70. The molecule has 1 saturated heterocycles. The summed E-state index contributed by atoms with van der Waals surface area (Å²) < 4.78 is 10.6. The van der Waals surface area contributed by atoms with Gasteiger partial charge in [-0.25, -0.2) is 4.79 Å². The molecule has 0 spiro atoms. The Hall–Kier alpha value is -1.75. The van der Waals surface area contributed by atoms with E-state index in [-0.39, 0.29) is 6.09 Å². The van der Waals surface area contributed by atoms with E-state index in [1.807, 2.05) is 31.2 Å². The van der Waals surface area contributed by atoms with Gasteiger partial charge in [0.2, 0.25) is 0 Å². The average molecular weight is 278 g/mol. The summed E-state index contributed by atoms with van der Waals surface area (Å²) in [4.78, 5) is 13.7. The Balaban J connectivity index is 1.97. The van der Waals surface area contributed by atoms with Gasteiger partial charge in [0, 0.05) is 6.54 Å². The molecule has 1 aliphatic heterocycles. The minimum atomic E-state index is -0.414. The van der Waals surface area contributed by atoms with Crippen molar-refractivity contribution < 1.29 is 14.3 Å². The van der Waals surface area contributed by atoms with Crippen LogP contribution in [0.15, 0.2) is 24.3 Å². The summed E-state index contributed by atoms with van der Waals surface area (Å²) in [6.07, 6.45) is 1.41. The summed E-state index contributed by atoms with van der Waals surface area (Å²) in [6.45, 7) is 3.75. The standard InChI is InChI=1S/C15H22N2O3/c1-15(8-3-9-16)11-17(14(18)20-15)10-12-4-6-13(19-2)7-5-12/h4-7H,3,8-11,16H2,1-2H3. The summed E-state index contributed by atoms with van der Waals surface area (Å²) in [6, 6.07) is 7.71. The number of hydrogen-bond donors (Lipinski definition) is 1. The molecule has 20 heavy (non-hydrogen) atoms. The van der Waals surface area contributed by atoms with Gasteiger partial charge in [-0.15, -0.1) is 0 Å². The van der Waals surface area contributed by atoms with Gasteiger partial charge in [-0.05, 0) is 44.0 Å². The third-order valence-electron chi connectivity index (χ3n) is 3.56. The molecule has 1 unspecified atom stereocenters. The molecule has 1 fully saturated rings. The van der Waals surface area contributed by atoms with Crippen LogP contribution in [0.5, 0.6) is 5.75 Å². The zero-order valence-corrected chi connectivity index (χ0v) is 12.1. The van der Waals surface area contributed by atoms with Gasteiger partial charge in [-0.3, -0.25) is 4.90 Å². The first-order valence-electron chi connectivity index (χ1n) is 6.87. The van der Waals surface area contributed by atoms with Crippen molar-refractivity contribution in [1.82, 2.24) is 4.90 Å². The fourth-order valence-electron chi connectivity index (χ4n) is 2.45. The predicted octanol–water partition coefficient (Wildman–Crippen LogP) is 2.15. The van der Waals surface area contributed by atoms with Crippen LogP contribution in [0.3, 0.4) is 0 Å². The van der Waals surface area contributed by atoms with Crippen LogP contribution < -0.4 is 10.5 Å². The second kappa shape index (κ2) is 6.13. The molecule has 2 N–H and O–H groups in total. The number of ether oxygens (including phenoxy) is 2. The van der Waals surface area contributed by atoms with E-state index in [0.29, 0.717) is 19.6 Å². The number of methoxy groups -OCH3 is 1. The maximum atomic E-state index is 11.9. The number of cyclic esters (lactones) is 1. The van der Waals surface area contributed by atoms with Crippen molar-refractivity contribution >= 4 is 6.09 Å². The lowest BCUT2D eigenvalue weighted by atomic mass is 10.00. The molecule has 1 atom stereocenters. The van der Waals surface area contributed by atoms with E-state index in [2.05, 4.69) is 0 Å². The van der Waals surface area contributed by atoms with Gasteiger partial charge in [-0.2, -0.15) is 0 Å². The van der Waals surface area contributed by atoms with Crippen LogP contribution in [0.25, 0.3) is 0 Å². The minimum absolute atomic E-state index is 0.250. The molecule has 0 saturated carbocycles. The highest BCUT2D eigenvalue weighted by Crippen LogP contribution is 2.28. The van der Waals surface area contributed by atoms with E-state index >= 15 is 0 Å². The van der Waals surface area contributed by atoms with E-state index in [1.54, 1.807) is 12.0 Å². The molecule has 0 bridgehead atoms. The first kappa shape index (κ1) is 14.7. The monoisotopic (exact) mass is 278 g/mol. The molecule has 1 aromatic carbocycles. The zero-order valence-electron chi connectivity index (χ0n) is 12.1. The van der Waals surface area contributed by atoms with Crippen LogP contribution in [-0.4, -0.2) is 36.8 Å². The fraction of sp³-hybridized carbons (Fsp3) is 0.533. The van der Waals surface area contributed by atoms with Gasteiger partial charge in [-0.1, -0.05) is 12.1 Å².